The van der Waals surface area contributed by atoms with Gasteiger partial charge in [-0.05, 0) is 30.9 Å². The molecule has 1 aromatic carbocycles. The molecule has 1 aliphatic heterocycles. The van der Waals surface area contributed by atoms with Crippen molar-refractivity contribution in [1.29, 1.82) is 0 Å². The molecule has 1 heterocycles. The molecule has 3 rings (SSSR count). The molecule has 0 aromatic heterocycles. The molecule has 0 bridgehead atoms. The summed E-state index contributed by atoms with van der Waals surface area (Å²) < 4.78 is 36.4. The Labute approximate surface area is 152 Å². The van der Waals surface area contributed by atoms with E-state index in [0.29, 0.717) is 6.41 Å². The van der Waals surface area contributed by atoms with Crippen molar-refractivity contribution in [2.45, 2.75) is 23.8 Å². The average molecular weight is 383 g/mol. The highest BCUT2D eigenvalue weighted by Crippen LogP contribution is 2.44. The van der Waals surface area contributed by atoms with Crippen LogP contribution < -0.4 is 4.74 Å². The number of hydrogen-bond donors (Lipinski definition) is 0. The molecule has 2 unspecified atom stereocenters. The largest absolute Gasteiger partial charge is 0.492 e. The van der Waals surface area contributed by atoms with E-state index in [1.165, 1.54) is 26.5 Å². The molecular formula is C17H18FNO6S. The van der Waals surface area contributed by atoms with Gasteiger partial charge in [-0.3, -0.25) is 18.6 Å². The third kappa shape index (κ3) is 3.01. The smallest absolute Gasteiger partial charge is 0.240 e. The van der Waals surface area contributed by atoms with Crippen molar-refractivity contribution >= 4 is 23.0 Å². The van der Waals surface area contributed by atoms with Gasteiger partial charge in [0.25, 0.3) is 0 Å². The van der Waals surface area contributed by atoms with E-state index in [1.54, 1.807) is 0 Å². The Hall–Kier alpha value is -2.26. The predicted octanol–water partition coefficient (Wildman–Crippen LogP) is 1.79. The van der Waals surface area contributed by atoms with Gasteiger partial charge >= 0.3 is 0 Å². The number of ketones is 1. The van der Waals surface area contributed by atoms with E-state index in [-0.39, 0.29) is 33.6 Å². The topological polar surface area (TPSA) is 82.1 Å². The number of carbonyl (C=O) groups is 2. The Balaban J connectivity index is 2.16. The van der Waals surface area contributed by atoms with Crippen LogP contribution in [-0.2, 0) is 25.2 Å². The van der Waals surface area contributed by atoms with Crippen LogP contribution in [0.2, 0.25) is 0 Å². The van der Waals surface area contributed by atoms with Gasteiger partial charge in [0.05, 0.1) is 35.5 Å². The van der Waals surface area contributed by atoms with Crippen LogP contribution in [0.1, 0.15) is 23.2 Å². The number of amides is 1. The molecule has 1 saturated carbocycles. The number of hydrogen-bond acceptors (Lipinski definition) is 6. The number of benzene rings is 1. The summed E-state index contributed by atoms with van der Waals surface area (Å²) in [6.07, 6.45) is 2.81. The Morgan fingerprint density at radius 1 is 1.35 bits per heavy atom. The lowest BCUT2D eigenvalue weighted by Crippen LogP contribution is -2.23. The molecule has 1 amide bonds. The van der Waals surface area contributed by atoms with Gasteiger partial charge in [0, 0.05) is 11.8 Å². The van der Waals surface area contributed by atoms with Crippen molar-refractivity contribution in [2.24, 2.45) is 5.92 Å². The first-order chi connectivity index (χ1) is 12.4. The highest BCUT2D eigenvalue weighted by atomic mass is 32.2. The van der Waals surface area contributed by atoms with Crippen LogP contribution >= 0.6 is 0 Å². The van der Waals surface area contributed by atoms with Gasteiger partial charge in [0.2, 0.25) is 12.3 Å². The van der Waals surface area contributed by atoms with Crippen LogP contribution in [0.5, 0.6) is 5.75 Å². The molecule has 0 saturated heterocycles. The normalized spacial score (nSPS) is 20.9. The molecule has 0 spiro atoms. The summed E-state index contributed by atoms with van der Waals surface area (Å²) in [4.78, 5) is 30.0. The number of rotatable bonds is 7. The average Bonchev–Trinajstić information content (AvgIpc) is 3.40. The maximum atomic E-state index is 14.0. The summed E-state index contributed by atoms with van der Waals surface area (Å²) in [6.45, 7) is 0. The minimum absolute atomic E-state index is 0.0157. The number of halogens is 1. The number of nitrogens with zero attached hydrogens (tertiary/aromatic N) is 1. The van der Waals surface area contributed by atoms with Crippen molar-refractivity contribution in [1.82, 2.24) is 5.06 Å². The fraction of sp³-hybridized carbons (Fsp3) is 0.412. The van der Waals surface area contributed by atoms with Gasteiger partial charge in [-0.15, -0.1) is 0 Å². The SMILES string of the molecule is COC1=C(C(=O)c2ccc(F)c(OC)c2S(C)=O)C(C2CC2)ON1C=O. The number of methoxy groups -OCH3 is 2. The third-order valence-electron chi connectivity index (χ3n) is 4.33. The van der Waals surface area contributed by atoms with E-state index < -0.39 is 28.5 Å². The fourth-order valence-corrected chi connectivity index (χ4v) is 3.93. The highest BCUT2D eigenvalue weighted by Gasteiger charge is 2.47. The predicted molar refractivity (Wildman–Crippen MR) is 89.1 cm³/mol. The molecule has 1 aliphatic carbocycles. The number of Topliss-reactive ketones (excluding diaryl/α,β-unsaturated/α-hetero) is 1. The van der Waals surface area contributed by atoms with E-state index in [4.69, 9.17) is 14.3 Å². The lowest BCUT2D eigenvalue weighted by molar-refractivity contribution is -0.174. The second-order valence-corrected chi connectivity index (χ2v) is 7.27. The Morgan fingerprint density at radius 2 is 2.04 bits per heavy atom. The monoisotopic (exact) mass is 383 g/mol. The van der Waals surface area contributed by atoms with Crippen molar-refractivity contribution in [3.63, 3.8) is 0 Å². The molecule has 2 aliphatic rings. The molecule has 2 atom stereocenters. The van der Waals surface area contributed by atoms with E-state index in [0.717, 1.165) is 24.0 Å². The van der Waals surface area contributed by atoms with Crippen LogP contribution in [0, 0.1) is 11.7 Å². The number of carbonyl (C=O) groups excluding carboxylic acids is 2. The second-order valence-electron chi connectivity index (χ2n) is 5.96. The molecule has 0 radical (unpaired) electrons. The molecule has 1 fully saturated rings. The standard InChI is InChI=1S/C17H18FNO6S/c1-23-15-11(18)7-6-10(16(15)26(3)22)13(21)12-14(9-4-5-9)25-19(8-20)17(12)24-2/h6-9,14H,4-5H2,1-3H3. The minimum Gasteiger partial charge on any atom is -0.492 e. The summed E-state index contributed by atoms with van der Waals surface area (Å²) in [5.41, 5.74) is 0.179. The first-order valence-corrected chi connectivity index (χ1v) is 9.44. The highest BCUT2D eigenvalue weighted by molar-refractivity contribution is 7.84. The molecule has 140 valence electrons. The lowest BCUT2D eigenvalue weighted by Gasteiger charge is -2.15. The second kappa shape index (κ2) is 7.16. The van der Waals surface area contributed by atoms with Gasteiger partial charge < -0.3 is 9.47 Å². The number of hydroxylamine groups is 2. The van der Waals surface area contributed by atoms with Crippen LogP contribution in [-0.4, -0.2) is 48.0 Å². The first-order valence-electron chi connectivity index (χ1n) is 7.88. The zero-order valence-electron chi connectivity index (χ0n) is 14.5. The zero-order chi connectivity index (χ0) is 19.0. The first kappa shape index (κ1) is 18.5. The maximum Gasteiger partial charge on any atom is 0.240 e. The Kier molecular flexibility index (Phi) is 5.10. The van der Waals surface area contributed by atoms with E-state index >= 15 is 0 Å². The van der Waals surface area contributed by atoms with Gasteiger partial charge in [-0.1, -0.05) is 0 Å². The molecule has 26 heavy (non-hydrogen) atoms. The number of ether oxygens (including phenoxy) is 2. The van der Waals surface area contributed by atoms with Gasteiger partial charge in [-0.25, -0.2) is 4.39 Å². The summed E-state index contributed by atoms with van der Waals surface area (Å²) in [6, 6.07) is 2.33. The Bertz CT molecular complexity index is 820. The zero-order valence-corrected chi connectivity index (χ0v) is 15.3. The summed E-state index contributed by atoms with van der Waals surface area (Å²) in [5.74, 6) is -1.43. The van der Waals surface area contributed by atoms with E-state index in [9.17, 15) is 18.2 Å². The maximum absolute atomic E-state index is 14.0. The van der Waals surface area contributed by atoms with Crippen LogP contribution in [0.4, 0.5) is 4.39 Å². The van der Waals surface area contributed by atoms with Gasteiger partial charge in [0.15, 0.2) is 17.3 Å². The van der Waals surface area contributed by atoms with E-state index in [1.807, 2.05) is 0 Å². The van der Waals surface area contributed by atoms with Gasteiger partial charge in [-0.2, -0.15) is 5.06 Å². The molecular weight excluding hydrogens is 365 g/mol. The summed E-state index contributed by atoms with van der Waals surface area (Å²) in [7, 11) is 0.874. The molecule has 1 aromatic rings. The summed E-state index contributed by atoms with van der Waals surface area (Å²) in [5, 5.41) is 0.875. The minimum atomic E-state index is -1.69. The lowest BCUT2D eigenvalue weighted by atomic mass is 9.96. The van der Waals surface area contributed by atoms with Crippen LogP contribution in [0.25, 0.3) is 0 Å². The fourth-order valence-electron chi connectivity index (χ4n) is 3.02. The molecule has 0 N–H and O–H groups in total. The van der Waals surface area contributed by atoms with Crippen LogP contribution in [0.15, 0.2) is 28.5 Å². The van der Waals surface area contributed by atoms with Crippen molar-refractivity contribution < 1.29 is 32.5 Å². The van der Waals surface area contributed by atoms with Crippen molar-refractivity contribution in [3.8, 4) is 5.75 Å². The molecule has 7 nitrogen and oxygen atoms in total. The quantitative estimate of drug-likeness (QED) is 0.527. The molecule has 9 heteroatoms. The van der Waals surface area contributed by atoms with Crippen molar-refractivity contribution in [3.05, 3.63) is 35.0 Å². The third-order valence-corrected chi connectivity index (χ3v) is 5.31. The van der Waals surface area contributed by atoms with E-state index in [2.05, 4.69) is 0 Å². The Morgan fingerprint density at radius 3 is 2.54 bits per heavy atom. The van der Waals surface area contributed by atoms with Crippen LogP contribution in [0.3, 0.4) is 0 Å². The van der Waals surface area contributed by atoms with Crippen molar-refractivity contribution in [2.75, 3.05) is 20.5 Å². The summed E-state index contributed by atoms with van der Waals surface area (Å²) >= 11 is 0. The van der Waals surface area contributed by atoms with Gasteiger partial charge in [0.1, 0.15) is 6.10 Å².